The van der Waals surface area contributed by atoms with Gasteiger partial charge in [-0.2, -0.15) is 10.4 Å². The number of nitriles is 1. The summed E-state index contributed by atoms with van der Waals surface area (Å²) in [5.74, 6) is -2.00. The van der Waals surface area contributed by atoms with Crippen LogP contribution in [-0.4, -0.2) is 24.0 Å². The zero-order valence-corrected chi connectivity index (χ0v) is 20.7. The average molecular weight is 551 g/mol. The molecule has 0 fully saturated rings. The molecule has 1 heterocycles. The van der Waals surface area contributed by atoms with Crippen LogP contribution in [0.3, 0.4) is 0 Å². The topological polar surface area (TPSA) is 121 Å². The Morgan fingerprint density at radius 1 is 1.06 bits per heavy atom. The summed E-state index contributed by atoms with van der Waals surface area (Å²) in [7, 11) is 0. The van der Waals surface area contributed by atoms with Crippen LogP contribution in [0.4, 0.5) is 5.00 Å². The van der Waals surface area contributed by atoms with Gasteiger partial charge in [-0.3, -0.25) is 9.59 Å². The average Bonchev–Trinajstić information content (AvgIpc) is 3.22. The van der Waals surface area contributed by atoms with Crippen molar-refractivity contribution in [1.82, 2.24) is 5.43 Å². The number of ether oxygens (including phenoxy) is 1. The number of halogens is 1. The number of esters is 1. The van der Waals surface area contributed by atoms with E-state index in [1.165, 1.54) is 17.6 Å². The highest BCUT2D eigenvalue weighted by Crippen LogP contribution is 2.37. The third-order valence-corrected chi connectivity index (χ3v) is 7.18. The minimum absolute atomic E-state index is 0.346. The SMILES string of the molecule is N#Cc1c(NC(=O)C(=O)NN=Cc2ccc(OC(=O)c3ccccc3Br)cc2)sc2c1CCCC2. The predicted molar refractivity (Wildman–Crippen MR) is 136 cm³/mol. The van der Waals surface area contributed by atoms with Crippen molar-refractivity contribution in [2.45, 2.75) is 25.7 Å². The van der Waals surface area contributed by atoms with Gasteiger partial charge in [-0.25, -0.2) is 10.2 Å². The summed E-state index contributed by atoms with van der Waals surface area (Å²) in [5.41, 5.74) is 4.61. The van der Waals surface area contributed by atoms with Gasteiger partial charge in [0, 0.05) is 9.35 Å². The van der Waals surface area contributed by atoms with Gasteiger partial charge in [0.05, 0.1) is 17.3 Å². The molecule has 3 aromatic rings. The first-order valence-electron chi connectivity index (χ1n) is 10.7. The minimum Gasteiger partial charge on any atom is -0.423 e. The van der Waals surface area contributed by atoms with Crippen molar-refractivity contribution in [2.75, 3.05) is 5.32 Å². The third kappa shape index (κ3) is 5.82. The highest BCUT2D eigenvalue weighted by atomic mass is 79.9. The zero-order chi connectivity index (χ0) is 24.8. The summed E-state index contributed by atoms with van der Waals surface area (Å²) in [6.07, 6.45) is 5.10. The molecule has 35 heavy (non-hydrogen) atoms. The number of nitrogens with one attached hydrogen (secondary N) is 2. The number of fused-ring (bicyclic) bond motifs is 1. The fourth-order valence-corrected chi connectivity index (χ4v) is 5.24. The number of hydrogen-bond donors (Lipinski definition) is 2. The van der Waals surface area contributed by atoms with Gasteiger partial charge in [-0.1, -0.05) is 12.1 Å². The van der Waals surface area contributed by atoms with E-state index in [2.05, 4.69) is 37.8 Å². The molecule has 2 amide bonds. The van der Waals surface area contributed by atoms with Crippen LogP contribution in [0.2, 0.25) is 0 Å². The number of thiophene rings is 1. The lowest BCUT2D eigenvalue weighted by molar-refractivity contribution is -0.136. The Morgan fingerprint density at radius 2 is 1.80 bits per heavy atom. The summed E-state index contributed by atoms with van der Waals surface area (Å²) in [6, 6.07) is 15.6. The maximum Gasteiger partial charge on any atom is 0.344 e. The van der Waals surface area contributed by atoms with Crippen LogP contribution < -0.4 is 15.5 Å². The molecule has 2 N–H and O–H groups in total. The van der Waals surface area contributed by atoms with E-state index < -0.39 is 17.8 Å². The normalized spacial score (nSPS) is 12.5. The van der Waals surface area contributed by atoms with E-state index in [-0.39, 0.29) is 0 Å². The molecule has 0 saturated carbocycles. The van der Waals surface area contributed by atoms with Crippen molar-refractivity contribution < 1.29 is 19.1 Å². The second-order valence-electron chi connectivity index (χ2n) is 7.62. The van der Waals surface area contributed by atoms with E-state index in [1.54, 1.807) is 48.5 Å². The van der Waals surface area contributed by atoms with Gasteiger partial charge >= 0.3 is 17.8 Å². The lowest BCUT2D eigenvalue weighted by Crippen LogP contribution is -2.32. The number of hydrazone groups is 1. The summed E-state index contributed by atoms with van der Waals surface area (Å²) in [5, 5.41) is 16.2. The lowest BCUT2D eigenvalue weighted by atomic mass is 9.96. The van der Waals surface area contributed by atoms with Crippen LogP contribution in [0.1, 0.15) is 44.8 Å². The van der Waals surface area contributed by atoms with Gasteiger partial charge in [0.1, 0.15) is 16.8 Å². The fourth-order valence-electron chi connectivity index (χ4n) is 3.56. The predicted octanol–water partition coefficient (Wildman–Crippen LogP) is 4.57. The maximum absolute atomic E-state index is 12.3. The molecule has 0 bridgehead atoms. The molecule has 1 aliphatic carbocycles. The van der Waals surface area contributed by atoms with E-state index in [1.807, 2.05) is 0 Å². The van der Waals surface area contributed by atoms with Crippen molar-refractivity contribution in [3.05, 3.63) is 80.1 Å². The van der Waals surface area contributed by atoms with Crippen molar-refractivity contribution in [1.29, 1.82) is 5.26 Å². The van der Waals surface area contributed by atoms with E-state index >= 15 is 0 Å². The van der Waals surface area contributed by atoms with Crippen LogP contribution in [0.5, 0.6) is 5.75 Å². The summed E-state index contributed by atoms with van der Waals surface area (Å²) < 4.78 is 5.99. The maximum atomic E-state index is 12.3. The molecule has 1 aromatic heterocycles. The van der Waals surface area contributed by atoms with Gasteiger partial charge in [-0.05, 0) is 89.1 Å². The van der Waals surface area contributed by atoms with Crippen molar-refractivity contribution in [2.24, 2.45) is 5.10 Å². The quantitative estimate of drug-likeness (QED) is 0.158. The van der Waals surface area contributed by atoms with Gasteiger partial charge < -0.3 is 10.1 Å². The lowest BCUT2D eigenvalue weighted by Gasteiger charge is -2.09. The summed E-state index contributed by atoms with van der Waals surface area (Å²) >= 11 is 4.66. The van der Waals surface area contributed by atoms with Crippen molar-refractivity contribution in [3.63, 3.8) is 0 Å². The molecular formula is C25H19BrN4O4S. The number of carbonyl (C=O) groups is 3. The first-order chi connectivity index (χ1) is 17.0. The monoisotopic (exact) mass is 550 g/mol. The first-order valence-corrected chi connectivity index (χ1v) is 12.3. The molecule has 2 aromatic carbocycles. The highest BCUT2D eigenvalue weighted by Gasteiger charge is 2.23. The van der Waals surface area contributed by atoms with E-state index in [0.29, 0.717) is 31.9 Å². The minimum atomic E-state index is -0.949. The molecule has 176 valence electrons. The molecule has 0 saturated heterocycles. The Balaban J connectivity index is 1.31. The van der Waals surface area contributed by atoms with E-state index in [9.17, 15) is 19.6 Å². The number of nitrogens with zero attached hydrogens (tertiary/aromatic N) is 2. The molecule has 0 aliphatic heterocycles. The Bertz CT molecular complexity index is 1360. The largest absolute Gasteiger partial charge is 0.423 e. The molecule has 0 atom stereocenters. The smallest absolute Gasteiger partial charge is 0.344 e. The van der Waals surface area contributed by atoms with Crippen molar-refractivity contribution >= 4 is 56.3 Å². The molecule has 10 heteroatoms. The number of hydrogen-bond acceptors (Lipinski definition) is 7. The Kier molecular flexibility index (Phi) is 7.70. The van der Waals surface area contributed by atoms with Crippen LogP contribution >= 0.6 is 27.3 Å². The number of carbonyl (C=O) groups excluding carboxylic acids is 3. The Morgan fingerprint density at radius 3 is 2.54 bits per heavy atom. The third-order valence-electron chi connectivity index (χ3n) is 5.28. The summed E-state index contributed by atoms with van der Waals surface area (Å²) in [6.45, 7) is 0. The van der Waals surface area contributed by atoms with Crippen molar-refractivity contribution in [3.8, 4) is 11.8 Å². The molecule has 0 spiro atoms. The van der Waals surface area contributed by atoms with Crippen LogP contribution in [0.25, 0.3) is 0 Å². The molecular weight excluding hydrogens is 532 g/mol. The molecule has 0 radical (unpaired) electrons. The number of rotatable bonds is 5. The second-order valence-corrected chi connectivity index (χ2v) is 9.58. The van der Waals surface area contributed by atoms with Crippen LogP contribution in [0.15, 0.2) is 58.1 Å². The number of benzene rings is 2. The van der Waals surface area contributed by atoms with Gasteiger partial charge in [0.15, 0.2) is 0 Å². The van der Waals surface area contributed by atoms with Gasteiger partial charge in [-0.15, -0.1) is 11.3 Å². The first kappa shape index (κ1) is 24.3. The van der Waals surface area contributed by atoms with Crippen LogP contribution in [-0.2, 0) is 22.4 Å². The standard InChI is InChI=1S/C25H19BrN4O4S/c26-20-7-3-1-6-18(20)25(33)34-16-11-9-15(10-12-16)14-28-30-23(32)22(31)29-24-19(13-27)17-5-2-4-8-21(17)35-24/h1,3,6-7,9-12,14H,2,4-5,8H2,(H,29,31)(H,30,32). The zero-order valence-electron chi connectivity index (χ0n) is 18.3. The second kappa shape index (κ2) is 11.1. The Hall–Kier alpha value is -3.81. The molecule has 4 rings (SSSR count). The van der Waals surface area contributed by atoms with E-state index in [0.717, 1.165) is 36.1 Å². The van der Waals surface area contributed by atoms with Crippen LogP contribution in [0, 0.1) is 11.3 Å². The number of amides is 2. The number of aryl methyl sites for hydroxylation is 1. The molecule has 0 unspecified atom stereocenters. The molecule has 1 aliphatic rings. The highest BCUT2D eigenvalue weighted by molar-refractivity contribution is 9.10. The van der Waals surface area contributed by atoms with E-state index in [4.69, 9.17) is 4.74 Å². The number of anilines is 1. The molecule has 8 nitrogen and oxygen atoms in total. The van der Waals surface area contributed by atoms with Gasteiger partial charge in [0.25, 0.3) is 0 Å². The van der Waals surface area contributed by atoms with Gasteiger partial charge in [0.2, 0.25) is 0 Å². The summed E-state index contributed by atoms with van der Waals surface area (Å²) in [4.78, 5) is 37.8. The fraction of sp³-hybridized carbons (Fsp3) is 0.160. The Labute approximate surface area is 213 Å².